The Bertz CT molecular complexity index is 421. The number of amides is 2. The lowest BCUT2D eigenvalue weighted by Gasteiger charge is -2.20. The van der Waals surface area contributed by atoms with Gasteiger partial charge < -0.3 is 20.6 Å². The van der Waals surface area contributed by atoms with E-state index in [1.54, 1.807) is 24.3 Å². The van der Waals surface area contributed by atoms with Gasteiger partial charge in [0.2, 0.25) is 0 Å². The van der Waals surface area contributed by atoms with Gasteiger partial charge in [-0.15, -0.1) is 0 Å². The molecule has 0 heterocycles. The van der Waals surface area contributed by atoms with Crippen molar-refractivity contribution in [3.63, 3.8) is 0 Å². The fourth-order valence-electron chi connectivity index (χ4n) is 2.01. The Balaban J connectivity index is 2.42. The number of carbonyl (C=O) groups is 1. The van der Waals surface area contributed by atoms with Crippen molar-refractivity contribution in [2.75, 3.05) is 32.8 Å². The van der Waals surface area contributed by atoms with E-state index in [9.17, 15) is 9.90 Å². The first kappa shape index (κ1) is 17.8. The molecular formula is C15H24ClN3O2. The summed E-state index contributed by atoms with van der Waals surface area (Å²) in [6.45, 7) is 7.33. The van der Waals surface area contributed by atoms with Crippen LogP contribution < -0.4 is 10.6 Å². The third-order valence-corrected chi connectivity index (χ3v) is 3.62. The first-order chi connectivity index (χ1) is 10.1. The zero-order valence-corrected chi connectivity index (χ0v) is 13.4. The number of carbonyl (C=O) groups excluding carboxylic acids is 1. The Labute approximate surface area is 131 Å². The number of benzene rings is 1. The largest absolute Gasteiger partial charge is 0.394 e. The van der Waals surface area contributed by atoms with Crippen LogP contribution in [-0.4, -0.2) is 48.8 Å². The molecule has 0 saturated heterocycles. The van der Waals surface area contributed by atoms with E-state index < -0.39 is 6.04 Å². The minimum atomic E-state index is -0.435. The summed E-state index contributed by atoms with van der Waals surface area (Å²) in [6.07, 6.45) is 0. The lowest BCUT2D eigenvalue weighted by molar-refractivity contribution is 0.215. The summed E-state index contributed by atoms with van der Waals surface area (Å²) >= 11 is 5.82. The van der Waals surface area contributed by atoms with Crippen molar-refractivity contribution < 1.29 is 9.90 Å². The number of rotatable bonds is 8. The maximum atomic E-state index is 11.8. The minimum absolute atomic E-state index is 0.162. The van der Waals surface area contributed by atoms with Crippen molar-refractivity contribution in [2.45, 2.75) is 19.9 Å². The van der Waals surface area contributed by atoms with E-state index in [0.29, 0.717) is 11.6 Å². The summed E-state index contributed by atoms with van der Waals surface area (Å²) < 4.78 is 0. The number of nitrogens with one attached hydrogen (secondary N) is 2. The number of hydrogen-bond donors (Lipinski definition) is 3. The van der Waals surface area contributed by atoms with E-state index in [2.05, 4.69) is 29.4 Å². The van der Waals surface area contributed by atoms with Gasteiger partial charge in [-0.05, 0) is 30.8 Å². The molecule has 6 heteroatoms. The normalized spacial score (nSPS) is 12.2. The number of aliphatic hydroxyl groups excluding tert-OH is 1. The maximum absolute atomic E-state index is 11.8. The summed E-state index contributed by atoms with van der Waals surface area (Å²) in [7, 11) is 0. The summed E-state index contributed by atoms with van der Waals surface area (Å²) in [4.78, 5) is 14.1. The number of hydrogen-bond acceptors (Lipinski definition) is 3. The Morgan fingerprint density at radius 3 is 2.43 bits per heavy atom. The molecule has 0 radical (unpaired) electrons. The molecule has 118 valence electrons. The van der Waals surface area contributed by atoms with Gasteiger partial charge >= 0.3 is 6.03 Å². The summed E-state index contributed by atoms with van der Waals surface area (Å²) in [5.74, 6) is 0. The van der Waals surface area contributed by atoms with Gasteiger partial charge in [0.25, 0.3) is 0 Å². The molecule has 0 fully saturated rings. The summed E-state index contributed by atoms with van der Waals surface area (Å²) in [5.41, 5.74) is 0.820. The highest BCUT2D eigenvalue weighted by Crippen LogP contribution is 2.15. The number of aliphatic hydroxyl groups is 1. The molecule has 5 nitrogen and oxygen atoms in total. The lowest BCUT2D eigenvalue weighted by atomic mass is 10.1. The SMILES string of the molecule is CCN(CC)CCNC(=O)NC(CO)c1ccc(Cl)cc1. The van der Waals surface area contributed by atoms with Crippen LogP contribution in [0.3, 0.4) is 0 Å². The van der Waals surface area contributed by atoms with E-state index in [1.807, 2.05) is 0 Å². The van der Waals surface area contributed by atoms with Gasteiger partial charge in [-0.1, -0.05) is 37.6 Å². The number of halogens is 1. The minimum Gasteiger partial charge on any atom is -0.394 e. The first-order valence-corrected chi connectivity index (χ1v) is 7.61. The second-order valence-electron chi connectivity index (χ2n) is 4.71. The van der Waals surface area contributed by atoms with Gasteiger partial charge in [0.05, 0.1) is 12.6 Å². The van der Waals surface area contributed by atoms with Crippen molar-refractivity contribution in [2.24, 2.45) is 0 Å². The topological polar surface area (TPSA) is 64.6 Å². The van der Waals surface area contributed by atoms with Crippen LogP contribution in [0.2, 0.25) is 5.02 Å². The Kier molecular flexibility index (Phi) is 8.12. The molecule has 1 aromatic rings. The highest BCUT2D eigenvalue weighted by molar-refractivity contribution is 6.30. The van der Waals surface area contributed by atoms with Crippen LogP contribution in [0.4, 0.5) is 4.79 Å². The van der Waals surface area contributed by atoms with Crippen molar-refractivity contribution in [1.82, 2.24) is 15.5 Å². The predicted octanol–water partition coefficient (Wildman–Crippen LogP) is 2.01. The smallest absolute Gasteiger partial charge is 0.315 e. The summed E-state index contributed by atoms with van der Waals surface area (Å²) in [5, 5.41) is 15.6. The third-order valence-electron chi connectivity index (χ3n) is 3.37. The third kappa shape index (κ3) is 6.33. The number of nitrogens with zero attached hydrogens (tertiary/aromatic N) is 1. The van der Waals surface area contributed by atoms with Gasteiger partial charge in [0.1, 0.15) is 0 Å². The van der Waals surface area contributed by atoms with Crippen LogP contribution >= 0.6 is 11.6 Å². The molecule has 1 unspecified atom stereocenters. The van der Waals surface area contributed by atoms with Gasteiger partial charge in [-0.2, -0.15) is 0 Å². The Morgan fingerprint density at radius 2 is 1.90 bits per heavy atom. The van der Waals surface area contributed by atoms with Crippen LogP contribution in [0.15, 0.2) is 24.3 Å². The monoisotopic (exact) mass is 313 g/mol. The van der Waals surface area contributed by atoms with Gasteiger partial charge in [0, 0.05) is 18.1 Å². The van der Waals surface area contributed by atoms with Crippen molar-refractivity contribution in [3.8, 4) is 0 Å². The van der Waals surface area contributed by atoms with Gasteiger partial charge in [0.15, 0.2) is 0 Å². The van der Waals surface area contributed by atoms with Crippen LogP contribution in [-0.2, 0) is 0 Å². The molecule has 1 aromatic carbocycles. The molecule has 0 spiro atoms. The molecule has 21 heavy (non-hydrogen) atoms. The van der Waals surface area contributed by atoms with Crippen LogP contribution in [0.1, 0.15) is 25.5 Å². The molecule has 2 amide bonds. The fourth-order valence-corrected chi connectivity index (χ4v) is 2.13. The molecule has 0 aliphatic heterocycles. The second-order valence-corrected chi connectivity index (χ2v) is 5.15. The Morgan fingerprint density at radius 1 is 1.29 bits per heavy atom. The van der Waals surface area contributed by atoms with Gasteiger partial charge in [-0.3, -0.25) is 0 Å². The zero-order chi connectivity index (χ0) is 15.7. The second kappa shape index (κ2) is 9.60. The van der Waals surface area contributed by atoms with Crippen LogP contribution in [0.5, 0.6) is 0 Å². The van der Waals surface area contributed by atoms with E-state index in [-0.39, 0.29) is 12.6 Å². The van der Waals surface area contributed by atoms with Gasteiger partial charge in [-0.25, -0.2) is 4.79 Å². The van der Waals surface area contributed by atoms with Crippen LogP contribution in [0.25, 0.3) is 0 Å². The van der Waals surface area contributed by atoms with Crippen molar-refractivity contribution in [1.29, 1.82) is 0 Å². The average molecular weight is 314 g/mol. The highest BCUT2D eigenvalue weighted by Gasteiger charge is 2.13. The molecule has 0 bridgehead atoms. The van der Waals surface area contributed by atoms with E-state index in [4.69, 9.17) is 11.6 Å². The maximum Gasteiger partial charge on any atom is 0.315 e. The van der Waals surface area contributed by atoms with E-state index in [0.717, 1.165) is 25.2 Å². The zero-order valence-electron chi connectivity index (χ0n) is 12.6. The molecule has 1 rings (SSSR count). The molecule has 0 aliphatic rings. The molecule has 0 saturated carbocycles. The predicted molar refractivity (Wildman–Crippen MR) is 85.6 cm³/mol. The molecular weight excluding hydrogens is 290 g/mol. The fraction of sp³-hybridized carbons (Fsp3) is 0.533. The van der Waals surface area contributed by atoms with Crippen LogP contribution in [0, 0.1) is 0 Å². The van der Waals surface area contributed by atoms with Crippen molar-refractivity contribution >= 4 is 17.6 Å². The molecule has 3 N–H and O–H groups in total. The van der Waals surface area contributed by atoms with E-state index >= 15 is 0 Å². The quantitative estimate of drug-likeness (QED) is 0.688. The highest BCUT2D eigenvalue weighted by atomic mass is 35.5. The molecule has 0 aliphatic carbocycles. The standard InChI is InChI=1S/C15H24ClN3O2/c1-3-19(4-2)10-9-17-15(21)18-14(11-20)12-5-7-13(16)8-6-12/h5-8,14,20H,3-4,9-11H2,1-2H3,(H2,17,18,21). The number of urea groups is 1. The Hall–Kier alpha value is -1.30. The van der Waals surface area contributed by atoms with E-state index in [1.165, 1.54) is 0 Å². The van der Waals surface area contributed by atoms with Crippen molar-refractivity contribution in [3.05, 3.63) is 34.9 Å². The lowest BCUT2D eigenvalue weighted by Crippen LogP contribution is -2.42. The first-order valence-electron chi connectivity index (χ1n) is 7.23. The molecule has 1 atom stereocenters. The number of likely N-dealkylation sites (N-methyl/N-ethyl adjacent to an activating group) is 1. The summed E-state index contributed by atoms with van der Waals surface area (Å²) in [6, 6.07) is 6.34. The molecule has 0 aromatic heterocycles. The average Bonchev–Trinajstić information content (AvgIpc) is 2.50.